The largest absolute Gasteiger partial charge is 0.0992 e. The van der Waals surface area contributed by atoms with E-state index in [9.17, 15) is 0 Å². The van der Waals surface area contributed by atoms with Crippen LogP contribution in [-0.4, -0.2) is 0 Å². The number of hydrogen-bond donors (Lipinski definition) is 0. The molecule has 0 aliphatic heterocycles. The predicted octanol–water partition coefficient (Wildman–Crippen LogP) is 5.65. The summed E-state index contributed by atoms with van der Waals surface area (Å²) in [5.74, 6) is 0. The molecule has 0 fully saturated rings. The Labute approximate surface area is 96.5 Å². The minimum atomic E-state index is 1.17. The van der Waals surface area contributed by atoms with Crippen molar-refractivity contribution in [3.63, 3.8) is 0 Å². The Morgan fingerprint density at radius 2 is 1.73 bits per heavy atom. The quantitative estimate of drug-likeness (QED) is 0.404. The summed E-state index contributed by atoms with van der Waals surface area (Å²) in [6.07, 6.45) is 9.21. The molecule has 0 nitrogen and oxygen atoms in total. The Morgan fingerprint density at radius 1 is 1.07 bits per heavy atom. The average molecular weight is 208 g/mol. The van der Waals surface area contributed by atoms with Gasteiger partial charge in [0.05, 0.1) is 0 Å². The molecule has 1 aliphatic rings. The SMILES string of the molecule is C=C1CC(C)=C(CCCCCC)C1.CC. The minimum Gasteiger partial charge on any atom is -0.0992 e. The first-order chi connectivity index (χ1) is 7.24. The monoisotopic (exact) mass is 208 g/mol. The lowest BCUT2D eigenvalue weighted by molar-refractivity contribution is 0.660. The maximum Gasteiger partial charge on any atom is -0.0105 e. The Kier molecular flexibility index (Phi) is 8.46. The van der Waals surface area contributed by atoms with Crippen LogP contribution in [0, 0.1) is 0 Å². The number of rotatable bonds is 5. The van der Waals surface area contributed by atoms with E-state index in [4.69, 9.17) is 0 Å². The maximum absolute atomic E-state index is 4.06. The summed E-state index contributed by atoms with van der Waals surface area (Å²) in [5, 5.41) is 0. The van der Waals surface area contributed by atoms with Gasteiger partial charge >= 0.3 is 0 Å². The van der Waals surface area contributed by atoms with Gasteiger partial charge < -0.3 is 0 Å². The van der Waals surface area contributed by atoms with Gasteiger partial charge in [-0.3, -0.25) is 0 Å². The van der Waals surface area contributed by atoms with Crippen molar-refractivity contribution in [2.75, 3.05) is 0 Å². The van der Waals surface area contributed by atoms with Crippen LogP contribution in [0.3, 0.4) is 0 Å². The molecule has 0 atom stereocenters. The Morgan fingerprint density at radius 3 is 2.20 bits per heavy atom. The van der Waals surface area contributed by atoms with E-state index in [0.29, 0.717) is 0 Å². The van der Waals surface area contributed by atoms with Gasteiger partial charge in [-0.15, -0.1) is 0 Å². The molecule has 15 heavy (non-hydrogen) atoms. The van der Waals surface area contributed by atoms with Crippen molar-refractivity contribution in [2.45, 2.75) is 72.6 Å². The second-order valence-corrected chi connectivity index (χ2v) is 4.30. The summed E-state index contributed by atoms with van der Waals surface area (Å²) in [7, 11) is 0. The van der Waals surface area contributed by atoms with Gasteiger partial charge in [-0.25, -0.2) is 0 Å². The van der Waals surface area contributed by atoms with Gasteiger partial charge in [-0.05, 0) is 32.6 Å². The molecule has 0 N–H and O–H groups in total. The van der Waals surface area contributed by atoms with Crippen LogP contribution in [0.4, 0.5) is 0 Å². The Hall–Kier alpha value is -0.520. The van der Waals surface area contributed by atoms with Crippen LogP contribution in [0.2, 0.25) is 0 Å². The summed E-state index contributed by atoms with van der Waals surface area (Å²) < 4.78 is 0. The smallest absolute Gasteiger partial charge is 0.0105 e. The van der Waals surface area contributed by atoms with Crippen LogP contribution in [0.1, 0.15) is 72.6 Å². The van der Waals surface area contributed by atoms with E-state index >= 15 is 0 Å². The summed E-state index contributed by atoms with van der Waals surface area (Å²) in [4.78, 5) is 0. The molecule has 0 amide bonds. The third-order valence-corrected chi connectivity index (χ3v) is 2.91. The van der Waals surface area contributed by atoms with E-state index in [-0.39, 0.29) is 0 Å². The second-order valence-electron chi connectivity index (χ2n) is 4.30. The topological polar surface area (TPSA) is 0 Å². The van der Waals surface area contributed by atoms with Crippen molar-refractivity contribution in [3.05, 3.63) is 23.3 Å². The molecule has 0 aromatic rings. The number of unbranched alkanes of at least 4 members (excludes halogenated alkanes) is 3. The molecule has 88 valence electrons. The molecule has 0 unspecified atom stereocenters. The highest BCUT2D eigenvalue weighted by Crippen LogP contribution is 2.32. The van der Waals surface area contributed by atoms with E-state index in [0.717, 1.165) is 0 Å². The molecule has 0 bridgehead atoms. The van der Waals surface area contributed by atoms with Gasteiger partial charge in [0.2, 0.25) is 0 Å². The third-order valence-electron chi connectivity index (χ3n) is 2.91. The van der Waals surface area contributed by atoms with Crippen molar-refractivity contribution in [1.29, 1.82) is 0 Å². The molecule has 0 heterocycles. The molecule has 1 aliphatic carbocycles. The van der Waals surface area contributed by atoms with Gasteiger partial charge in [0.1, 0.15) is 0 Å². The zero-order chi connectivity index (χ0) is 11.7. The molecule has 0 aromatic heterocycles. The average Bonchev–Trinajstić information content (AvgIpc) is 2.55. The van der Waals surface area contributed by atoms with E-state index in [1.807, 2.05) is 13.8 Å². The van der Waals surface area contributed by atoms with Gasteiger partial charge in [-0.2, -0.15) is 0 Å². The van der Waals surface area contributed by atoms with Crippen LogP contribution >= 0.6 is 0 Å². The molecule has 1 rings (SSSR count). The molecule has 0 saturated carbocycles. The molecule has 0 heteroatoms. The van der Waals surface area contributed by atoms with Crippen LogP contribution in [0.5, 0.6) is 0 Å². The predicted molar refractivity (Wildman–Crippen MR) is 71.2 cm³/mol. The number of allylic oxidation sites excluding steroid dienone is 3. The molecule has 0 saturated heterocycles. The van der Waals surface area contributed by atoms with Gasteiger partial charge in [0.25, 0.3) is 0 Å². The van der Waals surface area contributed by atoms with E-state index in [1.165, 1.54) is 50.5 Å². The first kappa shape index (κ1) is 14.5. The fraction of sp³-hybridized carbons (Fsp3) is 0.733. The fourth-order valence-corrected chi connectivity index (χ4v) is 2.08. The van der Waals surface area contributed by atoms with Crippen molar-refractivity contribution in [1.82, 2.24) is 0 Å². The molecular formula is C15H28. The Bertz CT molecular complexity index is 208. The van der Waals surface area contributed by atoms with Crippen molar-refractivity contribution < 1.29 is 0 Å². The highest BCUT2D eigenvalue weighted by atomic mass is 14.2. The fourth-order valence-electron chi connectivity index (χ4n) is 2.08. The van der Waals surface area contributed by atoms with Gasteiger partial charge in [-0.1, -0.05) is 63.3 Å². The summed E-state index contributed by atoms with van der Waals surface area (Å²) in [6.45, 7) is 12.6. The lowest BCUT2D eigenvalue weighted by atomic mass is 10.0. The van der Waals surface area contributed by atoms with Crippen LogP contribution in [0.25, 0.3) is 0 Å². The molecular weight excluding hydrogens is 180 g/mol. The highest BCUT2D eigenvalue weighted by molar-refractivity contribution is 5.30. The summed E-state index contributed by atoms with van der Waals surface area (Å²) in [6, 6.07) is 0. The number of hydrogen-bond acceptors (Lipinski definition) is 0. The van der Waals surface area contributed by atoms with Crippen LogP contribution in [0.15, 0.2) is 23.3 Å². The molecule has 0 radical (unpaired) electrons. The van der Waals surface area contributed by atoms with Crippen molar-refractivity contribution in [2.24, 2.45) is 0 Å². The first-order valence-electron chi connectivity index (χ1n) is 6.58. The third kappa shape index (κ3) is 5.81. The minimum absolute atomic E-state index is 1.17. The lowest BCUT2D eigenvalue weighted by Crippen LogP contribution is -1.83. The van der Waals surface area contributed by atoms with Crippen molar-refractivity contribution >= 4 is 0 Å². The zero-order valence-corrected chi connectivity index (χ0v) is 11.2. The lowest BCUT2D eigenvalue weighted by Gasteiger charge is -2.02. The standard InChI is InChI=1S/C13H22.C2H6/c1-4-5-6-7-8-13-10-11(2)9-12(13)3;1-2/h2,4-10H2,1,3H3;1-2H3. The van der Waals surface area contributed by atoms with Crippen LogP contribution < -0.4 is 0 Å². The summed E-state index contributed by atoms with van der Waals surface area (Å²) in [5.41, 5.74) is 4.70. The molecule has 0 spiro atoms. The first-order valence-corrected chi connectivity index (χ1v) is 6.58. The van der Waals surface area contributed by atoms with E-state index < -0.39 is 0 Å². The van der Waals surface area contributed by atoms with Crippen molar-refractivity contribution in [3.8, 4) is 0 Å². The highest BCUT2D eigenvalue weighted by Gasteiger charge is 2.12. The zero-order valence-electron chi connectivity index (χ0n) is 11.2. The normalized spacial score (nSPS) is 15.3. The summed E-state index contributed by atoms with van der Waals surface area (Å²) >= 11 is 0. The Balaban J connectivity index is 0.000000921. The van der Waals surface area contributed by atoms with Gasteiger partial charge in [0, 0.05) is 0 Å². The second kappa shape index (κ2) is 8.76. The van der Waals surface area contributed by atoms with Crippen LogP contribution in [-0.2, 0) is 0 Å². The maximum atomic E-state index is 4.06. The van der Waals surface area contributed by atoms with E-state index in [2.05, 4.69) is 20.4 Å². The van der Waals surface area contributed by atoms with Gasteiger partial charge in [0.15, 0.2) is 0 Å². The van der Waals surface area contributed by atoms with E-state index in [1.54, 1.807) is 11.1 Å². The molecule has 0 aromatic carbocycles.